The standard InChI is InChI=1S/C16H20N2O2/c19-15-11-13-9-12(5-6-14(13)17-15)10-16(20)18-7-3-1-2-4-8-18/h5-6,9H,1-4,7-8,10-11H2,(H,17,19). The molecule has 4 nitrogen and oxygen atoms in total. The molecule has 2 heterocycles. The summed E-state index contributed by atoms with van der Waals surface area (Å²) >= 11 is 0. The summed E-state index contributed by atoms with van der Waals surface area (Å²) in [5.41, 5.74) is 2.91. The van der Waals surface area contributed by atoms with Gasteiger partial charge in [0.2, 0.25) is 11.8 Å². The van der Waals surface area contributed by atoms with E-state index < -0.39 is 0 Å². The quantitative estimate of drug-likeness (QED) is 0.896. The van der Waals surface area contributed by atoms with E-state index in [2.05, 4.69) is 5.32 Å². The molecule has 2 aliphatic rings. The molecule has 0 saturated carbocycles. The highest BCUT2D eigenvalue weighted by Crippen LogP contribution is 2.24. The third kappa shape index (κ3) is 2.84. The fourth-order valence-electron chi connectivity index (χ4n) is 3.00. The maximum Gasteiger partial charge on any atom is 0.228 e. The summed E-state index contributed by atoms with van der Waals surface area (Å²) in [6.45, 7) is 1.79. The van der Waals surface area contributed by atoms with Gasteiger partial charge in [0.05, 0.1) is 12.8 Å². The lowest BCUT2D eigenvalue weighted by Gasteiger charge is -2.20. The number of hydrogen-bond acceptors (Lipinski definition) is 2. The number of fused-ring (bicyclic) bond motifs is 1. The van der Waals surface area contributed by atoms with Crippen LogP contribution in [0.1, 0.15) is 36.8 Å². The minimum Gasteiger partial charge on any atom is -0.342 e. The Bertz CT molecular complexity index is 531. The van der Waals surface area contributed by atoms with Gasteiger partial charge in [-0.1, -0.05) is 25.0 Å². The first kappa shape index (κ1) is 13.2. The first-order valence-corrected chi connectivity index (χ1v) is 7.42. The third-order valence-electron chi connectivity index (χ3n) is 4.11. The fraction of sp³-hybridized carbons (Fsp3) is 0.500. The molecular formula is C16H20N2O2. The van der Waals surface area contributed by atoms with Gasteiger partial charge >= 0.3 is 0 Å². The Hall–Kier alpha value is -1.84. The van der Waals surface area contributed by atoms with Crippen molar-refractivity contribution >= 4 is 17.5 Å². The van der Waals surface area contributed by atoms with E-state index in [1.165, 1.54) is 12.8 Å². The number of benzene rings is 1. The number of nitrogens with one attached hydrogen (secondary N) is 1. The molecule has 0 unspecified atom stereocenters. The Labute approximate surface area is 119 Å². The molecule has 0 aliphatic carbocycles. The molecule has 2 aliphatic heterocycles. The predicted octanol–water partition coefficient (Wildman–Crippen LogP) is 2.13. The van der Waals surface area contributed by atoms with E-state index in [0.717, 1.165) is 42.7 Å². The number of carbonyl (C=O) groups excluding carboxylic acids is 2. The van der Waals surface area contributed by atoms with Gasteiger partial charge in [0.25, 0.3) is 0 Å². The van der Waals surface area contributed by atoms with Crippen LogP contribution in [-0.4, -0.2) is 29.8 Å². The molecule has 0 aromatic heterocycles. The van der Waals surface area contributed by atoms with Gasteiger partial charge in [-0.15, -0.1) is 0 Å². The van der Waals surface area contributed by atoms with Crippen molar-refractivity contribution in [3.05, 3.63) is 29.3 Å². The van der Waals surface area contributed by atoms with Crippen LogP contribution in [0.4, 0.5) is 5.69 Å². The molecule has 1 aromatic carbocycles. The summed E-state index contributed by atoms with van der Waals surface area (Å²) in [6.07, 6.45) is 5.58. The summed E-state index contributed by atoms with van der Waals surface area (Å²) in [7, 11) is 0. The predicted molar refractivity (Wildman–Crippen MR) is 77.5 cm³/mol. The third-order valence-corrected chi connectivity index (χ3v) is 4.11. The number of likely N-dealkylation sites (tertiary alicyclic amines) is 1. The summed E-state index contributed by atoms with van der Waals surface area (Å²) in [5, 5.41) is 2.82. The van der Waals surface area contributed by atoms with Gasteiger partial charge in [-0.25, -0.2) is 0 Å². The van der Waals surface area contributed by atoms with E-state index in [-0.39, 0.29) is 11.8 Å². The largest absolute Gasteiger partial charge is 0.342 e. The topological polar surface area (TPSA) is 49.4 Å². The maximum absolute atomic E-state index is 12.3. The summed E-state index contributed by atoms with van der Waals surface area (Å²) < 4.78 is 0. The van der Waals surface area contributed by atoms with E-state index in [1.807, 2.05) is 23.1 Å². The van der Waals surface area contributed by atoms with Gasteiger partial charge in [-0.3, -0.25) is 9.59 Å². The molecule has 0 radical (unpaired) electrons. The van der Waals surface area contributed by atoms with Crippen LogP contribution in [0.2, 0.25) is 0 Å². The van der Waals surface area contributed by atoms with Gasteiger partial charge in [0.15, 0.2) is 0 Å². The second-order valence-corrected chi connectivity index (χ2v) is 5.69. The zero-order valence-corrected chi connectivity index (χ0v) is 11.7. The minimum absolute atomic E-state index is 0.0380. The molecule has 0 bridgehead atoms. The molecule has 1 N–H and O–H groups in total. The molecule has 0 atom stereocenters. The summed E-state index contributed by atoms with van der Waals surface area (Å²) in [5.74, 6) is 0.250. The van der Waals surface area contributed by atoms with Crippen LogP contribution in [0.3, 0.4) is 0 Å². The number of nitrogens with zero attached hydrogens (tertiary/aromatic N) is 1. The highest BCUT2D eigenvalue weighted by atomic mass is 16.2. The van der Waals surface area contributed by atoms with E-state index >= 15 is 0 Å². The normalized spacial score (nSPS) is 18.4. The van der Waals surface area contributed by atoms with Gasteiger partial charge in [0.1, 0.15) is 0 Å². The molecule has 3 rings (SSSR count). The fourth-order valence-corrected chi connectivity index (χ4v) is 3.00. The van der Waals surface area contributed by atoms with Crippen molar-refractivity contribution in [3.8, 4) is 0 Å². The van der Waals surface area contributed by atoms with Gasteiger partial charge in [-0.05, 0) is 30.0 Å². The number of anilines is 1. The Morgan fingerprint density at radius 2 is 1.90 bits per heavy atom. The Balaban J connectivity index is 1.67. The van der Waals surface area contributed by atoms with Gasteiger partial charge in [0, 0.05) is 18.8 Å². The smallest absolute Gasteiger partial charge is 0.228 e. The Kier molecular flexibility index (Phi) is 3.72. The molecule has 1 saturated heterocycles. The summed E-state index contributed by atoms with van der Waals surface area (Å²) in [6, 6.07) is 5.84. The van der Waals surface area contributed by atoms with E-state index in [4.69, 9.17) is 0 Å². The SMILES string of the molecule is O=C1Cc2cc(CC(=O)N3CCCCCC3)ccc2N1. The molecule has 2 amide bonds. The van der Waals surface area contributed by atoms with E-state index in [1.54, 1.807) is 0 Å². The van der Waals surface area contributed by atoms with Crippen molar-refractivity contribution in [1.82, 2.24) is 4.90 Å². The first-order chi connectivity index (χ1) is 9.72. The van der Waals surface area contributed by atoms with Crippen molar-refractivity contribution in [2.24, 2.45) is 0 Å². The van der Waals surface area contributed by atoms with Crippen LogP contribution < -0.4 is 5.32 Å². The van der Waals surface area contributed by atoms with Crippen LogP contribution in [0, 0.1) is 0 Å². The van der Waals surface area contributed by atoms with E-state index in [0.29, 0.717) is 12.8 Å². The lowest BCUT2D eigenvalue weighted by Crippen LogP contribution is -2.33. The van der Waals surface area contributed by atoms with Crippen molar-refractivity contribution in [1.29, 1.82) is 0 Å². The van der Waals surface area contributed by atoms with Gasteiger partial charge < -0.3 is 10.2 Å². The van der Waals surface area contributed by atoms with Crippen LogP contribution in [0.25, 0.3) is 0 Å². The first-order valence-electron chi connectivity index (χ1n) is 7.42. The van der Waals surface area contributed by atoms with Crippen molar-refractivity contribution in [2.45, 2.75) is 38.5 Å². The highest BCUT2D eigenvalue weighted by Gasteiger charge is 2.20. The Morgan fingerprint density at radius 1 is 1.15 bits per heavy atom. The molecule has 1 aromatic rings. The van der Waals surface area contributed by atoms with Crippen LogP contribution in [0.5, 0.6) is 0 Å². The van der Waals surface area contributed by atoms with Crippen LogP contribution in [-0.2, 0) is 22.4 Å². The van der Waals surface area contributed by atoms with Crippen LogP contribution in [0.15, 0.2) is 18.2 Å². The zero-order chi connectivity index (χ0) is 13.9. The molecule has 0 spiro atoms. The average Bonchev–Trinajstić information content (AvgIpc) is 2.64. The monoisotopic (exact) mass is 272 g/mol. The van der Waals surface area contributed by atoms with Crippen molar-refractivity contribution < 1.29 is 9.59 Å². The van der Waals surface area contributed by atoms with Crippen molar-refractivity contribution in [3.63, 3.8) is 0 Å². The minimum atomic E-state index is 0.0380. The maximum atomic E-state index is 12.3. The number of carbonyl (C=O) groups is 2. The van der Waals surface area contributed by atoms with Crippen molar-refractivity contribution in [2.75, 3.05) is 18.4 Å². The molecule has 20 heavy (non-hydrogen) atoms. The molecular weight excluding hydrogens is 252 g/mol. The second kappa shape index (κ2) is 5.65. The Morgan fingerprint density at radius 3 is 2.65 bits per heavy atom. The number of rotatable bonds is 2. The highest BCUT2D eigenvalue weighted by molar-refractivity contribution is 5.99. The molecule has 106 valence electrons. The molecule has 4 heteroatoms. The van der Waals surface area contributed by atoms with Gasteiger partial charge in [-0.2, -0.15) is 0 Å². The number of hydrogen-bond donors (Lipinski definition) is 1. The number of amides is 2. The lowest BCUT2D eigenvalue weighted by molar-refractivity contribution is -0.130. The van der Waals surface area contributed by atoms with E-state index in [9.17, 15) is 9.59 Å². The van der Waals surface area contributed by atoms with Crippen LogP contribution >= 0.6 is 0 Å². The molecule has 1 fully saturated rings. The lowest BCUT2D eigenvalue weighted by atomic mass is 10.1. The zero-order valence-electron chi connectivity index (χ0n) is 11.7. The summed E-state index contributed by atoms with van der Waals surface area (Å²) in [4.78, 5) is 25.7. The average molecular weight is 272 g/mol. The second-order valence-electron chi connectivity index (χ2n) is 5.69.